The van der Waals surface area contributed by atoms with E-state index in [0.29, 0.717) is 5.54 Å². The van der Waals surface area contributed by atoms with Crippen molar-refractivity contribution in [2.75, 3.05) is 33.4 Å². The van der Waals surface area contributed by atoms with Gasteiger partial charge in [0.15, 0.2) is 0 Å². The van der Waals surface area contributed by atoms with Gasteiger partial charge in [-0.15, -0.1) is 0 Å². The molecular formula is C17H32N2O. The van der Waals surface area contributed by atoms with Gasteiger partial charge in [0.2, 0.25) is 0 Å². The topological polar surface area (TPSA) is 24.5 Å². The van der Waals surface area contributed by atoms with Crippen molar-refractivity contribution in [3.63, 3.8) is 0 Å². The van der Waals surface area contributed by atoms with Gasteiger partial charge in [0.25, 0.3) is 0 Å². The fourth-order valence-corrected chi connectivity index (χ4v) is 4.49. The number of hydrogen-bond acceptors (Lipinski definition) is 3. The van der Waals surface area contributed by atoms with E-state index in [0.717, 1.165) is 31.0 Å². The molecule has 2 saturated carbocycles. The Labute approximate surface area is 124 Å². The van der Waals surface area contributed by atoms with Crippen molar-refractivity contribution in [2.45, 2.75) is 63.5 Å². The zero-order valence-corrected chi connectivity index (χ0v) is 13.4. The van der Waals surface area contributed by atoms with Crippen LogP contribution in [0.15, 0.2) is 0 Å². The van der Waals surface area contributed by atoms with Crippen LogP contribution in [0.5, 0.6) is 0 Å². The first-order valence-electron chi connectivity index (χ1n) is 8.71. The van der Waals surface area contributed by atoms with Crippen LogP contribution in [0.25, 0.3) is 0 Å². The minimum absolute atomic E-state index is 0.360. The lowest BCUT2D eigenvalue weighted by atomic mass is 9.80. The molecule has 116 valence electrons. The van der Waals surface area contributed by atoms with E-state index < -0.39 is 0 Å². The summed E-state index contributed by atoms with van der Waals surface area (Å²) in [5.41, 5.74) is 0.360. The predicted molar refractivity (Wildman–Crippen MR) is 82.9 cm³/mol. The molecule has 0 aromatic rings. The van der Waals surface area contributed by atoms with Crippen LogP contribution in [0.3, 0.4) is 0 Å². The molecule has 3 rings (SSSR count). The molecule has 3 nitrogen and oxygen atoms in total. The van der Waals surface area contributed by atoms with Crippen LogP contribution in [-0.2, 0) is 4.74 Å². The van der Waals surface area contributed by atoms with Gasteiger partial charge in [-0.05, 0) is 44.4 Å². The molecule has 20 heavy (non-hydrogen) atoms. The minimum Gasteiger partial charge on any atom is -0.383 e. The highest BCUT2D eigenvalue weighted by Crippen LogP contribution is 2.42. The number of methoxy groups -OCH3 is 1. The van der Waals surface area contributed by atoms with Crippen molar-refractivity contribution < 1.29 is 4.74 Å². The van der Waals surface area contributed by atoms with Crippen LogP contribution in [-0.4, -0.2) is 49.8 Å². The van der Waals surface area contributed by atoms with Gasteiger partial charge in [-0.2, -0.15) is 0 Å². The summed E-state index contributed by atoms with van der Waals surface area (Å²) < 4.78 is 5.36. The summed E-state index contributed by atoms with van der Waals surface area (Å²) in [7, 11) is 1.83. The highest BCUT2D eigenvalue weighted by atomic mass is 16.5. The number of ether oxygens (including phenoxy) is 1. The van der Waals surface area contributed by atoms with E-state index in [4.69, 9.17) is 4.74 Å². The zero-order chi connectivity index (χ0) is 14.0. The second-order valence-corrected chi connectivity index (χ2v) is 7.50. The Morgan fingerprint density at radius 2 is 1.90 bits per heavy atom. The first-order valence-corrected chi connectivity index (χ1v) is 8.71. The van der Waals surface area contributed by atoms with E-state index in [-0.39, 0.29) is 0 Å². The molecule has 1 saturated heterocycles. The minimum atomic E-state index is 0.360. The third-order valence-electron chi connectivity index (χ3n) is 5.97. The zero-order valence-electron chi connectivity index (χ0n) is 13.4. The van der Waals surface area contributed by atoms with Crippen molar-refractivity contribution in [1.29, 1.82) is 0 Å². The van der Waals surface area contributed by atoms with Gasteiger partial charge >= 0.3 is 0 Å². The Balaban J connectivity index is 1.65. The van der Waals surface area contributed by atoms with Crippen LogP contribution in [0.1, 0.15) is 51.9 Å². The van der Waals surface area contributed by atoms with Crippen LogP contribution < -0.4 is 5.32 Å². The summed E-state index contributed by atoms with van der Waals surface area (Å²) in [5.74, 6) is 1.83. The fraction of sp³-hybridized carbons (Fsp3) is 1.00. The molecule has 2 aliphatic carbocycles. The molecule has 1 aliphatic heterocycles. The van der Waals surface area contributed by atoms with Crippen molar-refractivity contribution in [3.05, 3.63) is 0 Å². The molecule has 0 radical (unpaired) electrons. The lowest BCUT2D eigenvalue weighted by Crippen LogP contribution is -2.66. The number of hydrogen-bond donors (Lipinski definition) is 1. The third-order valence-corrected chi connectivity index (χ3v) is 5.97. The summed E-state index contributed by atoms with van der Waals surface area (Å²) in [5, 5.41) is 3.93. The molecule has 3 fully saturated rings. The summed E-state index contributed by atoms with van der Waals surface area (Å²) in [6.45, 7) is 6.86. The largest absolute Gasteiger partial charge is 0.383 e. The lowest BCUT2D eigenvalue weighted by molar-refractivity contribution is 0.0174. The molecule has 0 amide bonds. The third kappa shape index (κ3) is 3.20. The molecule has 3 aliphatic rings. The van der Waals surface area contributed by atoms with Crippen molar-refractivity contribution in [1.82, 2.24) is 10.2 Å². The number of nitrogens with one attached hydrogen (secondary N) is 1. The van der Waals surface area contributed by atoms with Gasteiger partial charge < -0.3 is 10.1 Å². The molecule has 3 heteroatoms. The molecule has 1 heterocycles. The molecular weight excluding hydrogens is 248 g/mol. The lowest BCUT2D eigenvalue weighted by Gasteiger charge is -2.49. The SMILES string of the molecule is COCCN1CC(C)(C2CC2)NCC1C1CCCCC1. The van der Waals surface area contributed by atoms with Crippen molar-refractivity contribution >= 4 is 0 Å². The van der Waals surface area contributed by atoms with Crippen LogP contribution in [0.4, 0.5) is 0 Å². The molecule has 2 unspecified atom stereocenters. The molecule has 0 spiro atoms. The van der Waals surface area contributed by atoms with E-state index in [1.54, 1.807) is 0 Å². The second-order valence-electron chi connectivity index (χ2n) is 7.50. The van der Waals surface area contributed by atoms with E-state index in [1.165, 1.54) is 58.0 Å². The summed E-state index contributed by atoms with van der Waals surface area (Å²) >= 11 is 0. The summed E-state index contributed by atoms with van der Waals surface area (Å²) in [6, 6.07) is 0.747. The van der Waals surface area contributed by atoms with Crippen molar-refractivity contribution in [3.8, 4) is 0 Å². The van der Waals surface area contributed by atoms with Gasteiger partial charge in [0.1, 0.15) is 0 Å². The summed E-state index contributed by atoms with van der Waals surface area (Å²) in [4.78, 5) is 2.76. The first kappa shape index (κ1) is 14.8. The van der Waals surface area contributed by atoms with E-state index in [2.05, 4.69) is 17.1 Å². The first-order chi connectivity index (χ1) is 9.73. The smallest absolute Gasteiger partial charge is 0.0589 e. The maximum atomic E-state index is 5.36. The molecule has 0 aromatic heterocycles. The van der Waals surface area contributed by atoms with Gasteiger partial charge in [-0.25, -0.2) is 0 Å². The van der Waals surface area contributed by atoms with Crippen LogP contribution in [0.2, 0.25) is 0 Å². The maximum absolute atomic E-state index is 5.36. The van der Waals surface area contributed by atoms with Crippen LogP contribution >= 0.6 is 0 Å². The Kier molecular flexibility index (Phi) is 4.68. The van der Waals surface area contributed by atoms with Gasteiger partial charge in [0.05, 0.1) is 6.61 Å². The van der Waals surface area contributed by atoms with E-state index in [9.17, 15) is 0 Å². The molecule has 1 N–H and O–H groups in total. The van der Waals surface area contributed by atoms with Gasteiger partial charge in [-0.3, -0.25) is 4.90 Å². The van der Waals surface area contributed by atoms with E-state index >= 15 is 0 Å². The average molecular weight is 280 g/mol. The van der Waals surface area contributed by atoms with E-state index in [1.807, 2.05) is 7.11 Å². The maximum Gasteiger partial charge on any atom is 0.0589 e. The molecule has 2 atom stereocenters. The Hall–Kier alpha value is -0.120. The Morgan fingerprint density at radius 3 is 2.55 bits per heavy atom. The number of nitrogens with zero attached hydrogens (tertiary/aromatic N) is 1. The monoisotopic (exact) mass is 280 g/mol. The fourth-order valence-electron chi connectivity index (χ4n) is 4.49. The Bertz CT molecular complexity index is 312. The Morgan fingerprint density at radius 1 is 1.15 bits per heavy atom. The predicted octanol–water partition coefficient (Wildman–Crippen LogP) is 2.66. The number of piperazine rings is 1. The summed E-state index contributed by atoms with van der Waals surface area (Å²) in [6.07, 6.45) is 10.1. The molecule has 0 bridgehead atoms. The average Bonchev–Trinajstić information content (AvgIpc) is 3.31. The number of rotatable bonds is 5. The normalized spacial score (nSPS) is 37.2. The quantitative estimate of drug-likeness (QED) is 0.838. The highest BCUT2D eigenvalue weighted by Gasteiger charge is 2.47. The van der Waals surface area contributed by atoms with Gasteiger partial charge in [-0.1, -0.05) is 19.3 Å². The standard InChI is InChI=1S/C17H32N2O/c1-17(15-8-9-15)13-19(10-11-20-2)16(12-18-17)14-6-4-3-5-7-14/h14-16,18H,3-13H2,1-2H3. The highest BCUT2D eigenvalue weighted by molar-refractivity contribution is 5.05. The van der Waals surface area contributed by atoms with Gasteiger partial charge in [0, 0.05) is 38.3 Å². The molecule has 0 aromatic carbocycles. The second kappa shape index (κ2) is 6.33. The van der Waals surface area contributed by atoms with Crippen molar-refractivity contribution in [2.24, 2.45) is 11.8 Å². The van der Waals surface area contributed by atoms with Crippen LogP contribution in [0, 0.1) is 11.8 Å².